The van der Waals surface area contributed by atoms with Gasteiger partial charge in [-0.2, -0.15) is 0 Å². The van der Waals surface area contributed by atoms with Gasteiger partial charge < -0.3 is 9.64 Å². The van der Waals surface area contributed by atoms with Gasteiger partial charge in [-0.25, -0.2) is 0 Å². The zero-order chi connectivity index (χ0) is 22.6. The van der Waals surface area contributed by atoms with Crippen LogP contribution in [0.2, 0.25) is 0 Å². The van der Waals surface area contributed by atoms with Crippen molar-refractivity contribution in [1.82, 2.24) is 14.8 Å². The van der Waals surface area contributed by atoms with Crippen LogP contribution in [0.1, 0.15) is 12.0 Å². The summed E-state index contributed by atoms with van der Waals surface area (Å²) in [5, 5.41) is 9.61. The molecule has 5 rings (SSSR count). The second-order valence-corrected chi connectivity index (χ2v) is 8.69. The lowest BCUT2D eigenvalue weighted by molar-refractivity contribution is -0.116. The van der Waals surface area contributed by atoms with E-state index in [1.54, 1.807) is 7.11 Å². The molecular formula is C26H24N4O2S. The Morgan fingerprint density at radius 3 is 2.58 bits per heavy atom. The lowest BCUT2D eigenvalue weighted by Crippen LogP contribution is -2.36. The number of anilines is 1. The highest BCUT2D eigenvalue weighted by Crippen LogP contribution is 2.34. The minimum absolute atomic E-state index is 0.0774. The first kappa shape index (κ1) is 21.3. The second-order valence-electron chi connectivity index (χ2n) is 7.74. The molecule has 0 atom stereocenters. The maximum atomic E-state index is 13.2. The van der Waals surface area contributed by atoms with Crippen LogP contribution in [0.3, 0.4) is 0 Å². The molecule has 0 unspecified atom stereocenters. The van der Waals surface area contributed by atoms with Gasteiger partial charge in [-0.15, -0.1) is 10.2 Å². The van der Waals surface area contributed by atoms with Gasteiger partial charge in [0.15, 0.2) is 11.0 Å². The molecule has 1 amide bonds. The Hall–Kier alpha value is -3.58. The molecule has 0 saturated carbocycles. The zero-order valence-electron chi connectivity index (χ0n) is 18.3. The summed E-state index contributed by atoms with van der Waals surface area (Å²) in [6.07, 6.45) is 1.99. The topological polar surface area (TPSA) is 60.3 Å². The Morgan fingerprint density at radius 1 is 0.970 bits per heavy atom. The van der Waals surface area contributed by atoms with Crippen molar-refractivity contribution in [1.29, 1.82) is 0 Å². The van der Waals surface area contributed by atoms with Crippen LogP contribution in [0.4, 0.5) is 5.69 Å². The van der Waals surface area contributed by atoms with Crippen LogP contribution in [0.5, 0.6) is 5.75 Å². The number of benzene rings is 3. The van der Waals surface area contributed by atoms with Gasteiger partial charge in [0.1, 0.15) is 5.75 Å². The van der Waals surface area contributed by atoms with E-state index in [0.717, 1.165) is 42.1 Å². The van der Waals surface area contributed by atoms with Crippen molar-refractivity contribution in [2.24, 2.45) is 0 Å². The standard InChI is InChI=1S/C26H24N4O2S/c1-32-23-16-8-6-14-21(23)25-27-28-26(30(25)20-12-3-2-4-13-20)33-18-24(31)29-17-9-11-19-10-5-7-15-22(19)29/h2-8,10,12-16H,9,11,17-18H2,1H3. The highest BCUT2D eigenvalue weighted by molar-refractivity contribution is 7.99. The highest BCUT2D eigenvalue weighted by atomic mass is 32.2. The lowest BCUT2D eigenvalue weighted by Gasteiger charge is -2.29. The van der Waals surface area contributed by atoms with E-state index in [-0.39, 0.29) is 11.7 Å². The van der Waals surface area contributed by atoms with Gasteiger partial charge in [0.2, 0.25) is 5.91 Å². The lowest BCUT2D eigenvalue weighted by atomic mass is 10.0. The molecule has 0 aliphatic carbocycles. The van der Waals surface area contributed by atoms with Crippen LogP contribution in [0.15, 0.2) is 84.0 Å². The number of para-hydroxylation sites is 3. The van der Waals surface area contributed by atoms with Crippen molar-refractivity contribution in [3.63, 3.8) is 0 Å². The minimum Gasteiger partial charge on any atom is -0.496 e. The molecule has 6 nitrogen and oxygen atoms in total. The van der Waals surface area contributed by atoms with Crippen molar-refractivity contribution in [3.8, 4) is 22.8 Å². The average Bonchev–Trinajstić information content (AvgIpc) is 3.31. The number of carbonyl (C=O) groups is 1. The van der Waals surface area contributed by atoms with E-state index in [2.05, 4.69) is 16.3 Å². The van der Waals surface area contributed by atoms with Gasteiger partial charge in [-0.05, 0) is 48.7 Å². The normalized spacial score (nSPS) is 12.9. The van der Waals surface area contributed by atoms with Gasteiger partial charge in [0.25, 0.3) is 0 Å². The third-order valence-corrected chi connectivity index (χ3v) is 6.65. The van der Waals surface area contributed by atoms with E-state index in [1.807, 2.05) is 82.3 Å². The molecule has 0 radical (unpaired) electrons. The van der Waals surface area contributed by atoms with E-state index in [0.29, 0.717) is 11.0 Å². The van der Waals surface area contributed by atoms with Crippen molar-refractivity contribution in [3.05, 3.63) is 84.4 Å². The summed E-state index contributed by atoms with van der Waals surface area (Å²) in [5.74, 6) is 1.76. The maximum absolute atomic E-state index is 13.2. The van der Waals surface area contributed by atoms with E-state index in [1.165, 1.54) is 17.3 Å². The molecular weight excluding hydrogens is 432 g/mol. The monoisotopic (exact) mass is 456 g/mol. The van der Waals surface area contributed by atoms with Crippen LogP contribution in [0, 0.1) is 0 Å². The number of thioether (sulfide) groups is 1. The van der Waals surface area contributed by atoms with Crippen LogP contribution in [-0.4, -0.2) is 40.1 Å². The van der Waals surface area contributed by atoms with E-state index in [4.69, 9.17) is 4.74 Å². The Bertz CT molecular complexity index is 1270. The van der Waals surface area contributed by atoms with Gasteiger partial charge in [-0.3, -0.25) is 9.36 Å². The summed E-state index contributed by atoms with van der Waals surface area (Å²) < 4.78 is 7.55. The number of ether oxygens (including phenoxy) is 1. The number of amides is 1. The van der Waals surface area contributed by atoms with Crippen LogP contribution in [0.25, 0.3) is 17.1 Å². The molecule has 4 aromatic rings. The summed E-state index contributed by atoms with van der Waals surface area (Å²) in [7, 11) is 1.65. The Labute approximate surface area is 197 Å². The van der Waals surface area contributed by atoms with E-state index in [9.17, 15) is 4.79 Å². The van der Waals surface area contributed by atoms with E-state index >= 15 is 0 Å². The predicted octanol–water partition coefficient (Wildman–Crippen LogP) is 5.01. The predicted molar refractivity (Wildman–Crippen MR) is 131 cm³/mol. The smallest absolute Gasteiger partial charge is 0.237 e. The largest absolute Gasteiger partial charge is 0.496 e. The number of carbonyl (C=O) groups excluding carboxylic acids is 1. The molecule has 166 valence electrons. The zero-order valence-corrected chi connectivity index (χ0v) is 19.2. The second kappa shape index (κ2) is 9.50. The number of nitrogens with zero attached hydrogens (tertiary/aromatic N) is 4. The Morgan fingerprint density at radius 2 is 1.73 bits per heavy atom. The fourth-order valence-corrected chi connectivity index (χ4v) is 5.00. The first-order valence-corrected chi connectivity index (χ1v) is 11.9. The maximum Gasteiger partial charge on any atom is 0.237 e. The quantitative estimate of drug-likeness (QED) is 0.382. The third-order valence-electron chi connectivity index (χ3n) is 5.73. The fraction of sp³-hybridized carbons (Fsp3) is 0.192. The Kier molecular flexibility index (Phi) is 6.13. The summed E-state index contributed by atoms with van der Waals surface area (Å²) >= 11 is 1.40. The molecule has 0 bridgehead atoms. The molecule has 0 N–H and O–H groups in total. The highest BCUT2D eigenvalue weighted by Gasteiger charge is 2.24. The van der Waals surface area contributed by atoms with Crippen LogP contribution in [-0.2, 0) is 11.2 Å². The van der Waals surface area contributed by atoms with Crippen molar-refractivity contribution < 1.29 is 9.53 Å². The van der Waals surface area contributed by atoms with Gasteiger partial charge >= 0.3 is 0 Å². The van der Waals surface area contributed by atoms with Crippen LogP contribution >= 0.6 is 11.8 Å². The first-order chi connectivity index (χ1) is 16.3. The number of hydrogen-bond donors (Lipinski definition) is 0. The summed E-state index contributed by atoms with van der Waals surface area (Å²) in [6, 6.07) is 25.9. The average molecular weight is 457 g/mol. The summed E-state index contributed by atoms with van der Waals surface area (Å²) in [5.41, 5.74) is 4.03. The number of aromatic nitrogens is 3. The number of hydrogen-bond acceptors (Lipinski definition) is 5. The van der Waals surface area contributed by atoms with Crippen molar-refractivity contribution in [2.45, 2.75) is 18.0 Å². The molecule has 7 heteroatoms. The molecule has 33 heavy (non-hydrogen) atoms. The summed E-state index contributed by atoms with van der Waals surface area (Å²) in [4.78, 5) is 15.1. The molecule has 2 heterocycles. The number of aryl methyl sites for hydroxylation is 1. The minimum atomic E-state index is 0.0774. The molecule has 3 aromatic carbocycles. The SMILES string of the molecule is COc1ccccc1-c1nnc(SCC(=O)N2CCCc3ccccc32)n1-c1ccccc1. The molecule has 1 aliphatic rings. The molecule has 1 aromatic heterocycles. The van der Waals surface area contributed by atoms with Gasteiger partial charge in [-0.1, -0.05) is 60.3 Å². The first-order valence-electron chi connectivity index (χ1n) is 10.9. The Balaban J connectivity index is 1.46. The molecule has 0 saturated heterocycles. The van der Waals surface area contributed by atoms with Crippen LogP contribution < -0.4 is 9.64 Å². The number of rotatable bonds is 6. The van der Waals surface area contributed by atoms with Crippen molar-refractivity contribution in [2.75, 3.05) is 24.3 Å². The summed E-state index contributed by atoms with van der Waals surface area (Å²) in [6.45, 7) is 0.744. The van der Waals surface area contributed by atoms with Gasteiger partial charge in [0.05, 0.1) is 18.4 Å². The third kappa shape index (κ3) is 4.24. The molecule has 1 aliphatic heterocycles. The fourth-order valence-electron chi connectivity index (χ4n) is 4.17. The number of fused-ring (bicyclic) bond motifs is 1. The van der Waals surface area contributed by atoms with E-state index < -0.39 is 0 Å². The molecule has 0 spiro atoms. The van der Waals surface area contributed by atoms with Crippen molar-refractivity contribution >= 4 is 23.4 Å². The number of methoxy groups -OCH3 is 1. The van der Waals surface area contributed by atoms with Gasteiger partial charge in [0, 0.05) is 17.9 Å². The molecule has 0 fully saturated rings.